The molecule has 0 radical (unpaired) electrons. The van der Waals surface area contributed by atoms with Crippen LogP contribution in [0.3, 0.4) is 0 Å². The standard InChI is InChI=1S/C28H23N3OS/c1-19-11-9-10-16-24(19)29-28-30-27(32)25(33-28)18-22-17-20(2)31(23-14-7-4-8-15-23)26(22)21-12-5-3-6-13-21/h3-18H,1-2H3,(H,29,30,32)/b25-18-. The highest BCUT2D eigenvalue weighted by molar-refractivity contribution is 8.18. The Morgan fingerprint density at radius 2 is 1.55 bits per heavy atom. The quantitative estimate of drug-likeness (QED) is 0.354. The minimum atomic E-state index is -0.128. The average Bonchev–Trinajstić information content (AvgIpc) is 3.35. The van der Waals surface area contributed by atoms with E-state index in [1.54, 1.807) is 0 Å². The number of benzene rings is 3. The number of aliphatic imine (C=N–C) groups is 1. The molecule has 0 bridgehead atoms. The summed E-state index contributed by atoms with van der Waals surface area (Å²) in [6.07, 6.45) is 1.97. The highest BCUT2D eigenvalue weighted by Crippen LogP contribution is 2.35. The zero-order valence-electron chi connectivity index (χ0n) is 18.4. The Bertz CT molecular complexity index is 1390. The van der Waals surface area contributed by atoms with Crippen molar-refractivity contribution >= 4 is 34.6 Å². The minimum Gasteiger partial charge on any atom is -0.313 e. The molecule has 4 aromatic rings. The number of hydrogen-bond acceptors (Lipinski definition) is 3. The van der Waals surface area contributed by atoms with Crippen molar-refractivity contribution in [2.45, 2.75) is 13.8 Å². The van der Waals surface area contributed by atoms with E-state index in [1.807, 2.05) is 73.7 Å². The number of carbonyl (C=O) groups excluding carboxylic acids is 1. The third-order valence-corrected chi connectivity index (χ3v) is 6.46. The van der Waals surface area contributed by atoms with E-state index >= 15 is 0 Å². The molecule has 5 heteroatoms. The average molecular weight is 450 g/mol. The lowest BCUT2D eigenvalue weighted by molar-refractivity contribution is -0.115. The summed E-state index contributed by atoms with van der Waals surface area (Å²) in [7, 11) is 0. The van der Waals surface area contributed by atoms with Gasteiger partial charge in [0.15, 0.2) is 5.17 Å². The molecule has 1 aliphatic rings. The Morgan fingerprint density at radius 3 is 2.27 bits per heavy atom. The van der Waals surface area contributed by atoms with Crippen molar-refractivity contribution in [3.8, 4) is 16.9 Å². The first kappa shape index (κ1) is 21.0. The molecule has 1 N–H and O–H groups in total. The molecule has 162 valence electrons. The van der Waals surface area contributed by atoms with Gasteiger partial charge in [0.1, 0.15) is 0 Å². The predicted molar refractivity (Wildman–Crippen MR) is 138 cm³/mol. The number of thioether (sulfide) groups is 1. The number of carbonyl (C=O) groups is 1. The fraction of sp³-hybridized carbons (Fsp3) is 0.0714. The Morgan fingerprint density at radius 1 is 0.879 bits per heavy atom. The van der Waals surface area contributed by atoms with E-state index in [0.29, 0.717) is 10.1 Å². The van der Waals surface area contributed by atoms with Crippen LogP contribution in [0.25, 0.3) is 23.0 Å². The van der Waals surface area contributed by atoms with Crippen molar-refractivity contribution in [1.82, 2.24) is 9.88 Å². The van der Waals surface area contributed by atoms with Gasteiger partial charge in [0.25, 0.3) is 5.91 Å². The topological polar surface area (TPSA) is 46.4 Å². The first-order chi connectivity index (χ1) is 16.1. The second kappa shape index (κ2) is 8.96. The normalized spacial score (nSPS) is 15.9. The predicted octanol–water partition coefficient (Wildman–Crippen LogP) is 6.65. The third kappa shape index (κ3) is 4.28. The van der Waals surface area contributed by atoms with Gasteiger partial charge in [-0.15, -0.1) is 0 Å². The molecule has 1 aliphatic heterocycles. The van der Waals surface area contributed by atoms with E-state index in [1.165, 1.54) is 11.8 Å². The highest BCUT2D eigenvalue weighted by atomic mass is 32.2. The summed E-state index contributed by atoms with van der Waals surface area (Å²) in [5, 5.41) is 3.51. The van der Waals surface area contributed by atoms with E-state index in [2.05, 4.69) is 52.1 Å². The Balaban J connectivity index is 1.59. The Labute approximate surface area is 197 Å². The van der Waals surface area contributed by atoms with Crippen LogP contribution in [0.15, 0.2) is 101 Å². The summed E-state index contributed by atoms with van der Waals surface area (Å²) < 4.78 is 2.24. The number of hydrogen-bond donors (Lipinski definition) is 1. The summed E-state index contributed by atoms with van der Waals surface area (Å²) in [5.41, 5.74) is 7.27. The first-order valence-electron chi connectivity index (χ1n) is 10.8. The fourth-order valence-corrected chi connectivity index (χ4v) is 4.82. The zero-order valence-corrected chi connectivity index (χ0v) is 19.3. The smallest absolute Gasteiger partial charge is 0.264 e. The van der Waals surface area contributed by atoms with Crippen LogP contribution >= 0.6 is 11.8 Å². The van der Waals surface area contributed by atoms with Crippen LogP contribution in [-0.4, -0.2) is 15.6 Å². The van der Waals surface area contributed by atoms with Crippen LogP contribution in [0.2, 0.25) is 0 Å². The third-order valence-electron chi connectivity index (χ3n) is 5.55. The van der Waals surface area contributed by atoms with Gasteiger partial charge >= 0.3 is 0 Å². The number of amidine groups is 1. The Hall–Kier alpha value is -3.83. The van der Waals surface area contributed by atoms with Crippen LogP contribution in [0.5, 0.6) is 0 Å². The van der Waals surface area contributed by atoms with E-state index < -0.39 is 0 Å². The molecule has 3 aromatic carbocycles. The van der Waals surface area contributed by atoms with E-state index in [-0.39, 0.29) is 5.91 Å². The van der Waals surface area contributed by atoms with Crippen LogP contribution in [0.4, 0.5) is 5.69 Å². The van der Waals surface area contributed by atoms with Gasteiger partial charge in [-0.1, -0.05) is 66.7 Å². The molecule has 0 unspecified atom stereocenters. The molecule has 1 fully saturated rings. The van der Waals surface area contributed by atoms with Crippen LogP contribution in [0.1, 0.15) is 16.8 Å². The fourth-order valence-electron chi connectivity index (χ4n) is 4.00. The monoisotopic (exact) mass is 449 g/mol. The number of aromatic nitrogens is 1. The van der Waals surface area contributed by atoms with Crippen LogP contribution < -0.4 is 5.32 Å². The molecule has 33 heavy (non-hydrogen) atoms. The number of para-hydroxylation sites is 2. The highest BCUT2D eigenvalue weighted by Gasteiger charge is 2.25. The SMILES string of the molecule is Cc1ccccc1N=C1NC(=O)/C(=C/c2cc(C)n(-c3ccccc3)c2-c2ccccc2)S1. The van der Waals surface area contributed by atoms with Crippen molar-refractivity contribution in [3.63, 3.8) is 0 Å². The Kier molecular flexibility index (Phi) is 5.71. The van der Waals surface area contributed by atoms with Crippen molar-refractivity contribution in [3.05, 3.63) is 113 Å². The van der Waals surface area contributed by atoms with E-state index in [0.717, 1.165) is 39.5 Å². The van der Waals surface area contributed by atoms with Gasteiger partial charge in [-0.25, -0.2) is 4.99 Å². The summed E-state index contributed by atoms with van der Waals surface area (Å²) in [5.74, 6) is -0.128. The molecule has 1 saturated heterocycles. The van der Waals surface area contributed by atoms with Gasteiger partial charge in [-0.3, -0.25) is 4.79 Å². The molecule has 1 aromatic heterocycles. The molecule has 0 saturated carbocycles. The largest absolute Gasteiger partial charge is 0.313 e. The van der Waals surface area contributed by atoms with Crippen molar-refractivity contribution in [2.75, 3.05) is 0 Å². The van der Waals surface area contributed by atoms with Crippen molar-refractivity contribution in [2.24, 2.45) is 4.99 Å². The molecular formula is C28H23N3OS. The summed E-state index contributed by atoms with van der Waals surface area (Å²) in [6, 6.07) is 30.6. The van der Waals surface area contributed by atoms with Gasteiger partial charge in [0.2, 0.25) is 0 Å². The summed E-state index contributed by atoms with van der Waals surface area (Å²) >= 11 is 1.37. The molecule has 0 aliphatic carbocycles. The van der Waals surface area contributed by atoms with Crippen molar-refractivity contribution < 1.29 is 4.79 Å². The van der Waals surface area contributed by atoms with Crippen LogP contribution in [0, 0.1) is 13.8 Å². The number of amides is 1. The maximum absolute atomic E-state index is 12.8. The maximum atomic E-state index is 12.8. The molecule has 1 amide bonds. The van der Waals surface area contributed by atoms with E-state index in [4.69, 9.17) is 0 Å². The minimum absolute atomic E-state index is 0.128. The lowest BCUT2D eigenvalue weighted by atomic mass is 10.1. The summed E-state index contributed by atoms with van der Waals surface area (Å²) in [4.78, 5) is 18.1. The second-order valence-corrected chi connectivity index (χ2v) is 8.93. The number of nitrogens with zero attached hydrogens (tertiary/aromatic N) is 2. The number of aryl methyl sites for hydroxylation is 2. The molecule has 0 spiro atoms. The van der Waals surface area contributed by atoms with Crippen molar-refractivity contribution in [1.29, 1.82) is 0 Å². The summed E-state index contributed by atoms with van der Waals surface area (Å²) in [6.45, 7) is 4.10. The van der Waals surface area contributed by atoms with Gasteiger partial charge in [0, 0.05) is 16.9 Å². The number of rotatable bonds is 4. The number of nitrogens with one attached hydrogen (secondary N) is 1. The first-order valence-corrected chi connectivity index (χ1v) is 11.6. The molecule has 2 heterocycles. The molecule has 4 nitrogen and oxygen atoms in total. The van der Waals surface area contributed by atoms with Gasteiger partial charge in [-0.05, 0) is 67.1 Å². The zero-order chi connectivity index (χ0) is 22.8. The molecule has 5 rings (SSSR count). The lowest BCUT2D eigenvalue weighted by Gasteiger charge is -2.13. The molecular weight excluding hydrogens is 426 g/mol. The van der Waals surface area contributed by atoms with E-state index in [9.17, 15) is 4.79 Å². The second-order valence-electron chi connectivity index (χ2n) is 7.89. The van der Waals surface area contributed by atoms with Gasteiger partial charge in [0.05, 0.1) is 16.3 Å². The maximum Gasteiger partial charge on any atom is 0.264 e. The van der Waals surface area contributed by atoms with Gasteiger partial charge in [-0.2, -0.15) is 0 Å². The lowest BCUT2D eigenvalue weighted by Crippen LogP contribution is -2.19. The molecule has 0 atom stereocenters. The van der Waals surface area contributed by atoms with Gasteiger partial charge < -0.3 is 9.88 Å². The van der Waals surface area contributed by atoms with Crippen LogP contribution in [-0.2, 0) is 4.79 Å².